The number of benzene rings is 1. The standard InChI is InChI=1S/C15H17F3N2O3/c1-9(13(19)21)20(8-10-5-6-10)14(22)11-3-2-4-12(7-11)23-15(16,17)18/h2-4,7,9-10H,5-6,8H2,1H3,(H2,19,21). The largest absolute Gasteiger partial charge is 0.573 e. The van der Waals surface area contributed by atoms with Gasteiger partial charge in [0.25, 0.3) is 5.91 Å². The number of rotatable bonds is 6. The highest BCUT2D eigenvalue weighted by Gasteiger charge is 2.33. The van der Waals surface area contributed by atoms with Gasteiger partial charge < -0.3 is 15.4 Å². The van der Waals surface area contributed by atoms with E-state index in [9.17, 15) is 22.8 Å². The Morgan fingerprint density at radius 1 is 1.39 bits per heavy atom. The molecule has 0 radical (unpaired) electrons. The summed E-state index contributed by atoms with van der Waals surface area (Å²) in [7, 11) is 0. The molecule has 0 aromatic heterocycles. The van der Waals surface area contributed by atoms with Crippen molar-refractivity contribution in [3.63, 3.8) is 0 Å². The Morgan fingerprint density at radius 2 is 2.04 bits per heavy atom. The number of primary amides is 1. The summed E-state index contributed by atoms with van der Waals surface area (Å²) in [5.41, 5.74) is 5.27. The molecule has 2 N–H and O–H groups in total. The lowest BCUT2D eigenvalue weighted by atomic mass is 10.1. The molecule has 0 aliphatic heterocycles. The van der Waals surface area contributed by atoms with Gasteiger partial charge >= 0.3 is 6.36 Å². The van der Waals surface area contributed by atoms with Crippen molar-refractivity contribution in [1.29, 1.82) is 0 Å². The summed E-state index contributed by atoms with van der Waals surface area (Å²) < 4.78 is 40.6. The van der Waals surface area contributed by atoms with E-state index in [0.29, 0.717) is 12.5 Å². The van der Waals surface area contributed by atoms with Gasteiger partial charge in [0.1, 0.15) is 11.8 Å². The van der Waals surface area contributed by atoms with Crippen molar-refractivity contribution in [3.05, 3.63) is 29.8 Å². The van der Waals surface area contributed by atoms with Crippen LogP contribution in [0.15, 0.2) is 24.3 Å². The lowest BCUT2D eigenvalue weighted by Gasteiger charge is -2.27. The number of ether oxygens (including phenoxy) is 1. The van der Waals surface area contributed by atoms with Crippen molar-refractivity contribution in [2.75, 3.05) is 6.54 Å². The molecule has 0 heterocycles. The molecule has 0 saturated heterocycles. The van der Waals surface area contributed by atoms with Crippen LogP contribution in [0.1, 0.15) is 30.1 Å². The van der Waals surface area contributed by atoms with Crippen molar-refractivity contribution >= 4 is 11.8 Å². The van der Waals surface area contributed by atoms with Crippen LogP contribution in [0.25, 0.3) is 0 Å². The fourth-order valence-electron chi connectivity index (χ4n) is 2.14. The van der Waals surface area contributed by atoms with Crippen LogP contribution in [0.5, 0.6) is 5.75 Å². The fraction of sp³-hybridized carbons (Fsp3) is 0.467. The van der Waals surface area contributed by atoms with Gasteiger partial charge in [-0.1, -0.05) is 6.07 Å². The predicted molar refractivity (Wildman–Crippen MR) is 75.5 cm³/mol. The van der Waals surface area contributed by atoms with E-state index in [-0.39, 0.29) is 5.56 Å². The molecule has 5 nitrogen and oxygen atoms in total. The molecule has 8 heteroatoms. The molecular weight excluding hydrogens is 313 g/mol. The SMILES string of the molecule is CC(C(N)=O)N(CC1CC1)C(=O)c1cccc(OC(F)(F)F)c1. The first kappa shape index (κ1) is 17.1. The molecule has 1 unspecified atom stereocenters. The van der Waals surface area contributed by atoms with Crippen LogP contribution in [-0.2, 0) is 4.79 Å². The quantitative estimate of drug-likeness (QED) is 0.870. The van der Waals surface area contributed by atoms with E-state index in [4.69, 9.17) is 5.73 Å². The second-order valence-electron chi connectivity index (χ2n) is 5.55. The van der Waals surface area contributed by atoms with Crippen molar-refractivity contribution < 1.29 is 27.5 Å². The zero-order chi connectivity index (χ0) is 17.2. The summed E-state index contributed by atoms with van der Waals surface area (Å²) in [5.74, 6) is -1.39. The summed E-state index contributed by atoms with van der Waals surface area (Å²) >= 11 is 0. The summed E-state index contributed by atoms with van der Waals surface area (Å²) in [6, 6.07) is 3.93. The summed E-state index contributed by atoms with van der Waals surface area (Å²) in [6.07, 6.45) is -2.94. The van der Waals surface area contributed by atoms with Gasteiger partial charge in [-0.2, -0.15) is 0 Å². The van der Waals surface area contributed by atoms with Gasteiger partial charge in [0.15, 0.2) is 0 Å². The number of nitrogens with two attached hydrogens (primary N) is 1. The molecule has 1 fully saturated rings. The minimum atomic E-state index is -4.84. The van der Waals surface area contributed by atoms with E-state index < -0.39 is 30.0 Å². The van der Waals surface area contributed by atoms with Gasteiger partial charge in [0, 0.05) is 12.1 Å². The molecule has 1 aliphatic rings. The van der Waals surface area contributed by atoms with E-state index in [0.717, 1.165) is 25.0 Å². The summed E-state index contributed by atoms with van der Waals surface area (Å²) in [5, 5.41) is 0. The molecule has 1 aromatic rings. The van der Waals surface area contributed by atoms with Crippen LogP contribution in [0.2, 0.25) is 0 Å². The normalized spacial score (nSPS) is 15.8. The van der Waals surface area contributed by atoms with Crippen molar-refractivity contribution in [2.24, 2.45) is 11.7 Å². The van der Waals surface area contributed by atoms with Gasteiger partial charge in [0.2, 0.25) is 5.91 Å². The molecule has 0 bridgehead atoms. The van der Waals surface area contributed by atoms with Crippen LogP contribution in [0, 0.1) is 5.92 Å². The minimum Gasteiger partial charge on any atom is -0.406 e. The number of alkyl halides is 3. The molecule has 2 rings (SSSR count). The van der Waals surface area contributed by atoms with Crippen LogP contribution < -0.4 is 10.5 Å². The average Bonchev–Trinajstić information content (AvgIpc) is 3.25. The molecule has 1 atom stereocenters. The third-order valence-electron chi connectivity index (χ3n) is 3.61. The van der Waals surface area contributed by atoms with Gasteiger partial charge in [0.05, 0.1) is 0 Å². The Hall–Kier alpha value is -2.25. The van der Waals surface area contributed by atoms with Gasteiger partial charge in [-0.15, -0.1) is 13.2 Å². The third kappa shape index (κ3) is 4.87. The Balaban J connectivity index is 2.21. The second-order valence-corrected chi connectivity index (χ2v) is 5.55. The first-order valence-electron chi connectivity index (χ1n) is 7.13. The Morgan fingerprint density at radius 3 is 2.57 bits per heavy atom. The molecule has 2 amide bonds. The molecule has 1 saturated carbocycles. The summed E-state index contributed by atoms with van der Waals surface area (Å²) in [4.78, 5) is 25.2. The second kappa shape index (κ2) is 6.47. The van der Waals surface area contributed by atoms with Crippen LogP contribution in [-0.4, -0.2) is 35.7 Å². The zero-order valence-electron chi connectivity index (χ0n) is 12.5. The predicted octanol–water partition coefficient (Wildman–Crippen LogP) is 2.31. The lowest BCUT2D eigenvalue weighted by Crippen LogP contribution is -2.47. The van der Waals surface area contributed by atoms with E-state index in [1.807, 2.05) is 0 Å². The zero-order valence-corrected chi connectivity index (χ0v) is 12.5. The topological polar surface area (TPSA) is 72.6 Å². The van der Waals surface area contributed by atoms with E-state index >= 15 is 0 Å². The molecule has 1 aliphatic carbocycles. The van der Waals surface area contributed by atoms with Crippen LogP contribution in [0.3, 0.4) is 0 Å². The maximum Gasteiger partial charge on any atom is 0.573 e. The molecule has 1 aromatic carbocycles. The Labute approximate surface area is 131 Å². The minimum absolute atomic E-state index is 0.0144. The number of halogens is 3. The number of amides is 2. The van der Waals surface area contributed by atoms with Gasteiger partial charge in [-0.3, -0.25) is 9.59 Å². The van der Waals surface area contributed by atoms with E-state index in [1.54, 1.807) is 0 Å². The number of nitrogens with zero attached hydrogens (tertiary/aromatic N) is 1. The fourth-order valence-corrected chi connectivity index (χ4v) is 2.14. The number of carbonyl (C=O) groups excluding carboxylic acids is 2. The van der Waals surface area contributed by atoms with Crippen LogP contribution in [0.4, 0.5) is 13.2 Å². The smallest absolute Gasteiger partial charge is 0.406 e. The maximum atomic E-state index is 12.6. The molecule has 23 heavy (non-hydrogen) atoms. The first-order valence-corrected chi connectivity index (χ1v) is 7.13. The van der Waals surface area contributed by atoms with Crippen molar-refractivity contribution in [2.45, 2.75) is 32.2 Å². The monoisotopic (exact) mass is 330 g/mol. The third-order valence-corrected chi connectivity index (χ3v) is 3.61. The first-order chi connectivity index (χ1) is 10.7. The van der Waals surface area contributed by atoms with E-state index in [2.05, 4.69) is 4.74 Å². The highest BCUT2D eigenvalue weighted by Crippen LogP contribution is 2.31. The van der Waals surface area contributed by atoms with Gasteiger partial charge in [-0.05, 0) is 43.9 Å². The highest BCUT2D eigenvalue weighted by molar-refractivity contribution is 5.97. The average molecular weight is 330 g/mol. The van der Waals surface area contributed by atoms with Gasteiger partial charge in [-0.25, -0.2) is 0 Å². The van der Waals surface area contributed by atoms with E-state index in [1.165, 1.54) is 24.0 Å². The van der Waals surface area contributed by atoms with Crippen molar-refractivity contribution in [1.82, 2.24) is 4.90 Å². The lowest BCUT2D eigenvalue weighted by molar-refractivity contribution is -0.274. The van der Waals surface area contributed by atoms with Crippen LogP contribution >= 0.6 is 0 Å². The maximum absolute atomic E-state index is 12.6. The number of carbonyl (C=O) groups is 2. The molecule has 126 valence electrons. The highest BCUT2D eigenvalue weighted by atomic mass is 19.4. The molecule has 0 spiro atoms. The van der Waals surface area contributed by atoms with Crippen molar-refractivity contribution in [3.8, 4) is 5.75 Å². The Kier molecular flexibility index (Phi) is 4.82. The number of hydrogen-bond donors (Lipinski definition) is 1. The Bertz CT molecular complexity index is 600. The molecular formula is C15H17F3N2O3. The number of hydrogen-bond acceptors (Lipinski definition) is 3. The summed E-state index contributed by atoms with van der Waals surface area (Å²) in [6.45, 7) is 1.85.